The molecule has 0 aromatic heterocycles. The molecule has 0 fully saturated rings. The van der Waals surface area contributed by atoms with Crippen molar-refractivity contribution in [3.63, 3.8) is 0 Å². The molecule has 0 bridgehead atoms. The topological polar surface area (TPSA) is 205 Å². The average Bonchev–Trinajstić information content (AvgIpc) is 3.15. The second-order valence-electron chi connectivity index (χ2n) is 28.9. The molecular weight excluding hydrogens is 1160 g/mol. The van der Waals surface area contributed by atoms with Crippen LogP contribution in [0.25, 0.3) is 0 Å². The van der Waals surface area contributed by atoms with E-state index in [-0.39, 0.29) is 135 Å². The van der Waals surface area contributed by atoms with E-state index in [9.17, 15) is 57.5 Å². The van der Waals surface area contributed by atoms with Gasteiger partial charge in [-0.2, -0.15) is 0 Å². The monoisotopic (exact) mass is 1280 g/mol. The molecule has 80 heavy (non-hydrogen) atoms. The quantitative estimate of drug-likeness (QED) is 0.0654. The van der Waals surface area contributed by atoms with E-state index in [0.29, 0.717) is 74.0 Å². The van der Waals surface area contributed by atoms with Gasteiger partial charge in [-0.05, 0) is 107 Å². The zero-order valence-electron chi connectivity index (χ0n) is 56.2. The van der Waals surface area contributed by atoms with Gasteiger partial charge in [0.05, 0.1) is 0 Å². The standard InChI is InChI=1S/6C11H19O2.2Y/c6*1-8(2)6-9(12)7-10(13)11(3,4)5;;/h6*7-8H,6H2,1-5H3;;/q6*-1;2*+3. The molecule has 12 nitrogen and oxygen atoms in total. The van der Waals surface area contributed by atoms with Gasteiger partial charge in [-0.3, -0.25) is 38.5 Å². The first-order chi connectivity index (χ1) is 34.4. The predicted octanol–water partition coefficient (Wildman–Crippen LogP) is 14.5. The molecule has 0 saturated heterocycles. The summed E-state index contributed by atoms with van der Waals surface area (Å²) in [5.41, 5.74) is -2.63. The first kappa shape index (κ1) is 93.9. The molecule has 456 valence electrons. The zero-order valence-corrected chi connectivity index (χ0v) is 61.9. The Labute approximate surface area is 540 Å². The molecule has 0 unspecified atom stereocenters. The summed E-state index contributed by atoms with van der Waals surface area (Å²) >= 11 is 0. The summed E-state index contributed by atoms with van der Waals surface area (Å²) < 4.78 is 0. The van der Waals surface area contributed by atoms with Crippen LogP contribution in [0.1, 0.15) is 246 Å². The number of Topliss-reactive ketones (excluding diaryl/α,β-unsaturated/α-hetero) is 12. The Morgan fingerprint density at radius 1 is 0.212 bits per heavy atom. The van der Waals surface area contributed by atoms with Crippen molar-refractivity contribution in [2.24, 2.45) is 68.0 Å². The van der Waals surface area contributed by atoms with E-state index >= 15 is 0 Å². The maximum Gasteiger partial charge on any atom is 3.00 e. The normalized spacial score (nSPS) is 11.2. The fourth-order valence-electron chi connectivity index (χ4n) is 4.94. The molecule has 0 aromatic rings. The molecule has 0 aliphatic carbocycles. The molecule has 0 aliphatic rings. The summed E-state index contributed by atoms with van der Waals surface area (Å²) in [6, 6.07) is 0. The van der Waals surface area contributed by atoms with E-state index in [1.54, 1.807) is 0 Å². The Kier molecular flexibility index (Phi) is 51.6. The molecule has 0 atom stereocenters. The SMILES string of the molecule is CC(C)CC(=O)[CH-]C(=O)C(C)(C)C.CC(C)CC(=O)[CH-]C(=O)C(C)(C)C.CC(C)CC(=O)[CH-]C(=O)C(C)(C)C.CC(C)CC(=O)[CH-]C(=O)C(C)(C)C.CC(C)CC(=O)[CH-]C(=O)C(C)(C)C.CC(C)CC(=O)[CH-]C(=O)C(C)(C)C.[Y+3].[Y+3]. The minimum Gasteiger partial charge on any atom is -0.334 e. The van der Waals surface area contributed by atoms with Crippen molar-refractivity contribution < 1.29 is 123 Å². The van der Waals surface area contributed by atoms with Crippen LogP contribution >= 0.6 is 0 Å². The van der Waals surface area contributed by atoms with Gasteiger partial charge in [0.2, 0.25) is 0 Å². The fourth-order valence-corrected chi connectivity index (χ4v) is 4.94. The Balaban J connectivity index is -0.000000129. The number of ketones is 12. The van der Waals surface area contributed by atoms with Crippen LogP contribution in [0.3, 0.4) is 0 Å². The largest absolute Gasteiger partial charge is 3.00 e. The van der Waals surface area contributed by atoms with Gasteiger partial charge in [-0.15, -0.1) is 0 Å². The minimum atomic E-state index is -0.438. The van der Waals surface area contributed by atoms with Gasteiger partial charge in [-0.25, -0.2) is 0 Å². The average molecular weight is 1280 g/mol. The van der Waals surface area contributed by atoms with Gasteiger partial charge in [-0.1, -0.05) is 208 Å². The van der Waals surface area contributed by atoms with Crippen molar-refractivity contribution in [2.75, 3.05) is 0 Å². The number of hydrogen-bond donors (Lipinski definition) is 0. The Bertz CT molecular complexity index is 1550. The molecule has 0 radical (unpaired) electrons. The Hall–Kier alpha value is -2.53. The summed E-state index contributed by atoms with van der Waals surface area (Å²) in [5, 5.41) is 0. The van der Waals surface area contributed by atoms with Crippen molar-refractivity contribution >= 4 is 69.4 Å². The van der Waals surface area contributed by atoms with Gasteiger partial charge in [0.25, 0.3) is 0 Å². The maximum absolute atomic E-state index is 11.4. The van der Waals surface area contributed by atoms with Crippen molar-refractivity contribution in [1.29, 1.82) is 0 Å². The minimum absolute atomic E-state index is 0. The van der Waals surface area contributed by atoms with Crippen molar-refractivity contribution in [1.82, 2.24) is 0 Å². The summed E-state index contributed by atoms with van der Waals surface area (Å²) in [7, 11) is 0. The second kappa shape index (κ2) is 44.0. The molecule has 14 heteroatoms. The van der Waals surface area contributed by atoms with Gasteiger partial charge in [0.15, 0.2) is 0 Å². The molecule has 0 heterocycles. The van der Waals surface area contributed by atoms with Crippen LogP contribution in [0.15, 0.2) is 0 Å². The summed E-state index contributed by atoms with van der Waals surface area (Å²) in [6.07, 6.45) is 10.2. The van der Waals surface area contributed by atoms with Crippen LogP contribution in [0.4, 0.5) is 0 Å². The van der Waals surface area contributed by atoms with E-state index in [2.05, 4.69) is 0 Å². The first-order valence-electron chi connectivity index (χ1n) is 27.9. The Morgan fingerprint density at radius 3 is 0.338 bits per heavy atom. The number of rotatable bonds is 24. The van der Waals surface area contributed by atoms with Crippen molar-refractivity contribution in [3.8, 4) is 0 Å². The summed E-state index contributed by atoms with van der Waals surface area (Å²) in [6.45, 7) is 56.2. The van der Waals surface area contributed by atoms with E-state index in [4.69, 9.17) is 0 Å². The first-order valence-corrected chi connectivity index (χ1v) is 27.9. The third-order valence-corrected chi connectivity index (χ3v) is 9.84. The molecule has 0 saturated carbocycles. The predicted molar refractivity (Wildman–Crippen MR) is 319 cm³/mol. The summed E-state index contributed by atoms with van der Waals surface area (Å²) in [4.78, 5) is 136. The fraction of sp³-hybridized carbons (Fsp3) is 0.727. The molecule has 0 amide bonds. The maximum atomic E-state index is 11.4. The molecule has 0 aliphatic heterocycles. The molecular formula is C66H114O12Y2. The van der Waals surface area contributed by atoms with E-state index < -0.39 is 32.5 Å². The van der Waals surface area contributed by atoms with E-state index in [1.165, 1.54) is 38.5 Å². The van der Waals surface area contributed by atoms with Crippen molar-refractivity contribution in [2.45, 2.75) is 246 Å². The number of hydrogen-bond acceptors (Lipinski definition) is 12. The molecule has 0 spiro atoms. The Morgan fingerprint density at radius 2 is 0.287 bits per heavy atom. The van der Waals surface area contributed by atoms with Crippen LogP contribution in [-0.2, 0) is 123 Å². The van der Waals surface area contributed by atoms with E-state index in [1.807, 2.05) is 208 Å². The van der Waals surface area contributed by atoms with Crippen LogP contribution in [0.5, 0.6) is 0 Å². The smallest absolute Gasteiger partial charge is 0.334 e. The third kappa shape index (κ3) is 63.1. The number of carbonyl (C=O) groups excluding carboxylic acids is 12. The van der Waals surface area contributed by atoms with Crippen LogP contribution in [-0.4, -0.2) is 69.4 Å². The van der Waals surface area contributed by atoms with Gasteiger partial charge < -0.3 is 57.5 Å². The van der Waals surface area contributed by atoms with Crippen LogP contribution < -0.4 is 0 Å². The molecule has 0 rings (SSSR count). The van der Waals surface area contributed by atoms with Crippen LogP contribution in [0.2, 0.25) is 0 Å². The van der Waals surface area contributed by atoms with Crippen molar-refractivity contribution in [3.05, 3.63) is 38.5 Å². The molecule has 0 aromatic carbocycles. The van der Waals surface area contributed by atoms with Gasteiger partial charge in [0.1, 0.15) is 0 Å². The number of carbonyl (C=O) groups is 12. The summed E-state index contributed by atoms with van der Waals surface area (Å²) in [5.74, 6) is 1.03. The third-order valence-electron chi connectivity index (χ3n) is 9.84. The van der Waals surface area contributed by atoms with Gasteiger partial charge >= 0.3 is 65.4 Å². The zero-order chi connectivity index (χ0) is 63.9. The molecule has 0 N–H and O–H groups in total. The van der Waals surface area contributed by atoms with E-state index in [0.717, 1.165) is 0 Å². The van der Waals surface area contributed by atoms with Crippen LogP contribution in [0, 0.1) is 107 Å². The van der Waals surface area contributed by atoms with Gasteiger partial charge in [0, 0.05) is 69.4 Å². The second-order valence-corrected chi connectivity index (χ2v) is 28.9.